The van der Waals surface area contributed by atoms with Crippen LogP contribution in [0.5, 0.6) is 0 Å². The maximum Gasteiger partial charge on any atom is 0.253 e. The van der Waals surface area contributed by atoms with Crippen molar-refractivity contribution < 1.29 is 17.6 Å². The molecular weight excluding hydrogens is 257 g/mol. The average Bonchev–Trinajstić information content (AvgIpc) is 2.69. The van der Waals surface area contributed by atoms with Crippen LogP contribution in [0, 0.1) is 5.82 Å². The van der Waals surface area contributed by atoms with Gasteiger partial charge in [0, 0.05) is 18.7 Å². The minimum Gasteiger partial charge on any atom is -0.338 e. The van der Waals surface area contributed by atoms with Crippen LogP contribution in [-0.2, 0) is 9.84 Å². The first-order valence-corrected chi connectivity index (χ1v) is 7.44. The van der Waals surface area contributed by atoms with Crippen LogP contribution in [0.1, 0.15) is 16.8 Å². The van der Waals surface area contributed by atoms with Gasteiger partial charge in [-0.25, -0.2) is 12.8 Å². The summed E-state index contributed by atoms with van der Waals surface area (Å²) in [7, 11) is -1.44. The third-order valence-electron chi connectivity index (χ3n) is 3.17. The molecule has 18 heavy (non-hydrogen) atoms. The Labute approximate surface area is 105 Å². The largest absolute Gasteiger partial charge is 0.338 e. The molecule has 6 heteroatoms. The van der Waals surface area contributed by atoms with E-state index in [4.69, 9.17) is 0 Å². The number of carbonyl (C=O) groups is 1. The second-order valence-corrected chi connectivity index (χ2v) is 6.71. The summed E-state index contributed by atoms with van der Waals surface area (Å²) in [6, 6.07) is 4.95. The Morgan fingerprint density at radius 3 is 2.44 bits per heavy atom. The minimum absolute atomic E-state index is 0.0104. The van der Waals surface area contributed by atoms with Crippen molar-refractivity contribution in [1.82, 2.24) is 4.90 Å². The standard InChI is InChI=1S/C12H14FNO3S/c1-14(11-6-7-18(16,17)8-11)12(15)9-2-4-10(13)5-3-9/h2-5,11H,6-8H2,1H3/t11-/m0/s1. The van der Waals surface area contributed by atoms with E-state index < -0.39 is 15.7 Å². The summed E-state index contributed by atoms with van der Waals surface area (Å²) in [4.78, 5) is 13.5. The number of hydrogen-bond donors (Lipinski definition) is 0. The van der Waals surface area contributed by atoms with E-state index in [-0.39, 0.29) is 23.5 Å². The van der Waals surface area contributed by atoms with Crippen molar-refractivity contribution in [1.29, 1.82) is 0 Å². The van der Waals surface area contributed by atoms with E-state index in [1.807, 2.05) is 0 Å². The first-order valence-electron chi connectivity index (χ1n) is 5.62. The van der Waals surface area contributed by atoms with E-state index >= 15 is 0 Å². The van der Waals surface area contributed by atoms with Crippen LogP contribution in [0.3, 0.4) is 0 Å². The highest BCUT2D eigenvalue weighted by Crippen LogP contribution is 2.18. The van der Waals surface area contributed by atoms with E-state index in [0.29, 0.717) is 12.0 Å². The normalized spacial score (nSPS) is 21.8. The van der Waals surface area contributed by atoms with Gasteiger partial charge < -0.3 is 4.90 Å². The van der Waals surface area contributed by atoms with Gasteiger partial charge in [0.1, 0.15) is 5.82 Å². The lowest BCUT2D eigenvalue weighted by Gasteiger charge is -2.23. The maximum atomic E-state index is 12.7. The van der Waals surface area contributed by atoms with Gasteiger partial charge in [-0.05, 0) is 30.7 Å². The Kier molecular flexibility index (Phi) is 3.38. The van der Waals surface area contributed by atoms with Gasteiger partial charge in [0.15, 0.2) is 9.84 Å². The van der Waals surface area contributed by atoms with E-state index in [1.165, 1.54) is 29.2 Å². The first-order chi connectivity index (χ1) is 8.39. The number of hydrogen-bond acceptors (Lipinski definition) is 3. The minimum atomic E-state index is -3.02. The zero-order valence-corrected chi connectivity index (χ0v) is 10.8. The maximum absolute atomic E-state index is 12.7. The van der Waals surface area contributed by atoms with Crippen molar-refractivity contribution in [3.8, 4) is 0 Å². The fourth-order valence-electron chi connectivity index (χ4n) is 2.04. The SMILES string of the molecule is CN(C(=O)c1ccc(F)cc1)[C@H]1CCS(=O)(=O)C1. The number of rotatable bonds is 2. The van der Waals surface area contributed by atoms with Crippen LogP contribution in [0.4, 0.5) is 4.39 Å². The van der Waals surface area contributed by atoms with Crippen molar-refractivity contribution in [2.24, 2.45) is 0 Å². The number of benzene rings is 1. The van der Waals surface area contributed by atoms with E-state index in [9.17, 15) is 17.6 Å². The molecule has 0 bridgehead atoms. The Morgan fingerprint density at radius 1 is 1.33 bits per heavy atom. The lowest BCUT2D eigenvalue weighted by molar-refractivity contribution is 0.0747. The van der Waals surface area contributed by atoms with E-state index in [1.54, 1.807) is 7.05 Å². The van der Waals surface area contributed by atoms with Crippen LogP contribution in [0.15, 0.2) is 24.3 Å². The molecule has 1 atom stereocenters. The smallest absolute Gasteiger partial charge is 0.253 e. The van der Waals surface area contributed by atoms with E-state index in [2.05, 4.69) is 0 Å². The van der Waals surface area contributed by atoms with Gasteiger partial charge >= 0.3 is 0 Å². The summed E-state index contributed by atoms with van der Waals surface area (Å²) < 4.78 is 35.5. The Morgan fingerprint density at radius 2 is 1.94 bits per heavy atom. The van der Waals surface area contributed by atoms with Gasteiger partial charge in [-0.15, -0.1) is 0 Å². The van der Waals surface area contributed by atoms with Crippen LogP contribution in [-0.4, -0.2) is 43.8 Å². The molecule has 2 rings (SSSR count). The van der Waals surface area contributed by atoms with Crippen LogP contribution < -0.4 is 0 Å². The average molecular weight is 271 g/mol. The molecule has 0 spiro atoms. The molecule has 0 aliphatic carbocycles. The van der Waals surface area contributed by atoms with Gasteiger partial charge in [0.25, 0.3) is 5.91 Å². The lowest BCUT2D eigenvalue weighted by Crippen LogP contribution is -2.37. The Balaban J connectivity index is 2.12. The topological polar surface area (TPSA) is 54.5 Å². The predicted octanol–water partition coefficient (Wildman–Crippen LogP) is 1.08. The second kappa shape index (κ2) is 4.68. The van der Waals surface area contributed by atoms with Gasteiger partial charge in [0.2, 0.25) is 0 Å². The molecule has 0 unspecified atom stereocenters. The van der Waals surface area contributed by atoms with Crippen molar-refractivity contribution in [2.75, 3.05) is 18.6 Å². The summed E-state index contributed by atoms with van der Waals surface area (Å²) in [5, 5.41) is 0. The first kappa shape index (κ1) is 13.0. The molecule has 0 aromatic heterocycles. The summed E-state index contributed by atoms with van der Waals surface area (Å²) in [6.45, 7) is 0. The second-order valence-electron chi connectivity index (χ2n) is 4.48. The highest BCUT2D eigenvalue weighted by molar-refractivity contribution is 7.91. The fourth-order valence-corrected chi connectivity index (χ4v) is 3.82. The molecule has 1 aliphatic rings. The highest BCUT2D eigenvalue weighted by Gasteiger charge is 2.32. The van der Waals surface area contributed by atoms with E-state index in [0.717, 1.165) is 0 Å². The van der Waals surface area contributed by atoms with Crippen LogP contribution in [0.2, 0.25) is 0 Å². The molecule has 1 aromatic carbocycles. The molecule has 0 saturated carbocycles. The lowest BCUT2D eigenvalue weighted by atomic mass is 10.1. The molecular formula is C12H14FNO3S. The van der Waals surface area contributed by atoms with Crippen LogP contribution in [0.25, 0.3) is 0 Å². The van der Waals surface area contributed by atoms with Gasteiger partial charge in [-0.2, -0.15) is 0 Å². The molecule has 4 nitrogen and oxygen atoms in total. The van der Waals surface area contributed by atoms with Crippen molar-refractivity contribution in [2.45, 2.75) is 12.5 Å². The van der Waals surface area contributed by atoms with Gasteiger partial charge in [-0.1, -0.05) is 0 Å². The quantitative estimate of drug-likeness (QED) is 0.809. The highest BCUT2D eigenvalue weighted by atomic mass is 32.2. The van der Waals surface area contributed by atoms with Gasteiger partial charge in [0.05, 0.1) is 11.5 Å². The molecule has 1 fully saturated rings. The number of halogens is 1. The molecule has 1 heterocycles. The van der Waals surface area contributed by atoms with Crippen molar-refractivity contribution in [3.63, 3.8) is 0 Å². The van der Waals surface area contributed by atoms with Crippen LogP contribution >= 0.6 is 0 Å². The molecule has 1 amide bonds. The number of carbonyl (C=O) groups excluding carboxylic acids is 1. The monoisotopic (exact) mass is 271 g/mol. The third-order valence-corrected chi connectivity index (χ3v) is 4.92. The molecule has 1 aromatic rings. The Hall–Kier alpha value is -1.43. The summed E-state index contributed by atoms with van der Waals surface area (Å²) in [5.74, 6) is -0.551. The van der Waals surface area contributed by atoms with Crippen molar-refractivity contribution in [3.05, 3.63) is 35.6 Å². The van der Waals surface area contributed by atoms with Gasteiger partial charge in [-0.3, -0.25) is 4.79 Å². The molecule has 0 N–H and O–H groups in total. The third kappa shape index (κ3) is 2.69. The fraction of sp³-hybridized carbons (Fsp3) is 0.417. The number of sulfone groups is 1. The zero-order valence-electron chi connectivity index (χ0n) is 9.97. The molecule has 0 radical (unpaired) electrons. The summed E-state index contributed by atoms with van der Waals surface area (Å²) >= 11 is 0. The molecule has 1 saturated heterocycles. The Bertz CT molecular complexity index is 553. The number of amides is 1. The predicted molar refractivity (Wildman–Crippen MR) is 65.6 cm³/mol. The van der Waals surface area contributed by atoms with Crippen molar-refractivity contribution >= 4 is 15.7 Å². The number of nitrogens with zero attached hydrogens (tertiary/aromatic N) is 1. The summed E-state index contributed by atoms with van der Waals surface area (Å²) in [6.07, 6.45) is 0.464. The molecule has 98 valence electrons. The summed E-state index contributed by atoms with van der Waals surface area (Å²) in [5.41, 5.74) is 0.364. The molecule has 1 aliphatic heterocycles. The zero-order chi connectivity index (χ0) is 13.3.